The zero-order valence-electron chi connectivity index (χ0n) is 8.21. The van der Waals surface area contributed by atoms with Crippen molar-refractivity contribution in [1.82, 2.24) is 4.98 Å². The summed E-state index contributed by atoms with van der Waals surface area (Å²) in [6, 6.07) is 0.825. The van der Waals surface area contributed by atoms with Crippen molar-refractivity contribution in [3.05, 3.63) is 21.0 Å². The SMILES string of the molecule is CCOC(=O)c1nc(I)c(C(F)F)cc1O. The van der Waals surface area contributed by atoms with Gasteiger partial charge in [0.15, 0.2) is 5.69 Å². The summed E-state index contributed by atoms with van der Waals surface area (Å²) in [5.41, 5.74) is -0.762. The van der Waals surface area contributed by atoms with Crippen LogP contribution in [0, 0.1) is 3.70 Å². The molecule has 88 valence electrons. The first-order chi connectivity index (χ1) is 7.47. The molecule has 7 heteroatoms. The molecule has 1 rings (SSSR count). The third-order valence-corrected chi connectivity index (χ3v) is 2.55. The van der Waals surface area contributed by atoms with Crippen LogP contribution in [0.1, 0.15) is 29.4 Å². The van der Waals surface area contributed by atoms with Gasteiger partial charge in [-0.1, -0.05) is 0 Å². The summed E-state index contributed by atoms with van der Waals surface area (Å²) in [4.78, 5) is 14.9. The van der Waals surface area contributed by atoms with E-state index >= 15 is 0 Å². The smallest absolute Gasteiger partial charge is 0.360 e. The zero-order valence-corrected chi connectivity index (χ0v) is 10.4. The molecule has 1 aromatic rings. The van der Waals surface area contributed by atoms with Crippen molar-refractivity contribution in [2.24, 2.45) is 0 Å². The van der Waals surface area contributed by atoms with Crippen LogP contribution < -0.4 is 0 Å². The topological polar surface area (TPSA) is 59.4 Å². The van der Waals surface area contributed by atoms with Crippen LogP contribution >= 0.6 is 22.6 Å². The molecule has 0 aliphatic carbocycles. The number of esters is 1. The van der Waals surface area contributed by atoms with Crippen LogP contribution in [0.4, 0.5) is 8.78 Å². The monoisotopic (exact) mass is 343 g/mol. The van der Waals surface area contributed by atoms with Gasteiger partial charge in [-0.3, -0.25) is 0 Å². The number of aromatic nitrogens is 1. The van der Waals surface area contributed by atoms with E-state index in [1.165, 1.54) is 0 Å². The van der Waals surface area contributed by atoms with E-state index in [0.717, 1.165) is 6.07 Å². The molecular weight excluding hydrogens is 335 g/mol. The molecule has 0 atom stereocenters. The lowest BCUT2D eigenvalue weighted by molar-refractivity contribution is 0.0514. The normalized spacial score (nSPS) is 10.6. The second-order valence-corrected chi connectivity index (χ2v) is 3.78. The number of carbonyl (C=O) groups is 1. The van der Waals surface area contributed by atoms with E-state index in [2.05, 4.69) is 9.72 Å². The van der Waals surface area contributed by atoms with Crippen LogP contribution in [0.15, 0.2) is 6.07 Å². The molecule has 0 spiro atoms. The molecule has 0 aliphatic rings. The number of nitrogens with zero attached hydrogens (tertiary/aromatic N) is 1. The van der Waals surface area contributed by atoms with E-state index < -0.39 is 23.7 Å². The zero-order chi connectivity index (χ0) is 12.3. The molecule has 1 N–H and O–H groups in total. The Bertz CT molecular complexity index is 412. The van der Waals surface area contributed by atoms with Gasteiger partial charge in [-0.15, -0.1) is 0 Å². The third kappa shape index (κ3) is 2.77. The van der Waals surface area contributed by atoms with Crippen molar-refractivity contribution in [3.8, 4) is 5.75 Å². The molecule has 16 heavy (non-hydrogen) atoms. The van der Waals surface area contributed by atoms with Gasteiger partial charge in [0.1, 0.15) is 9.45 Å². The lowest BCUT2D eigenvalue weighted by atomic mass is 10.2. The van der Waals surface area contributed by atoms with Gasteiger partial charge in [0.25, 0.3) is 6.43 Å². The minimum absolute atomic E-state index is 0.0338. The van der Waals surface area contributed by atoms with Gasteiger partial charge in [-0.05, 0) is 35.6 Å². The molecule has 1 aromatic heterocycles. The van der Waals surface area contributed by atoms with Crippen molar-refractivity contribution in [3.63, 3.8) is 0 Å². The summed E-state index contributed by atoms with van der Waals surface area (Å²) in [6.07, 6.45) is -2.75. The predicted molar refractivity (Wildman–Crippen MR) is 59.5 cm³/mol. The third-order valence-electron chi connectivity index (χ3n) is 1.69. The van der Waals surface area contributed by atoms with Gasteiger partial charge < -0.3 is 9.84 Å². The van der Waals surface area contributed by atoms with Gasteiger partial charge in [0.2, 0.25) is 0 Å². The Kier molecular flexibility index (Phi) is 4.39. The number of aromatic hydroxyl groups is 1. The Labute approximate surface area is 104 Å². The van der Waals surface area contributed by atoms with Gasteiger partial charge in [0.05, 0.1) is 12.2 Å². The highest BCUT2D eigenvalue weighted by Crippen LogP contribution is 2.28. The quantitative estimate of drug-likeness (QED) is 0.521. The van der Waals surface area contributed by atoms with E-state index in [-0.39, 0.29) is 16.0 Å². The van der Waals surface area contributed by atoms with Crippen LogP contribution in [-0.2, 0) is 4.74 Å². The molecule has 0 amide bonds. The van der Waals surface area contributed by atoms with Crippen LogP contribution in [0.3, 0.4) is 0 Å². The molecule has 0 aliphatic heterocycles. The number of rotatable bonds is 3. The number of carbonyl (C=O) groups excluding carboxylic acids is 1. The fourth-order valence-corrected chi connectivity index (χ4v) is 1.63. The maximum Gasteiger partial charge on any atom is 0.360 e. The van der Waals surface area contributed by atoms with Gasteiger partial charge in [-0.2, -0.15) is 0 Å². The van der Waals surface area contributed by atoms with Crippen LogP contribution in [0.5, 0.6) is 5.75 Å². The van der Waals surface area contributed by atoms with Gasteiger partial charge in [0, 0.05) is 0 Å². The van der Waals surface area contributed by atoms with Gasteiger partial charge >= 0.3 is 5.97 Å². The Morgan fingerprint density at radius 2 is 2.31 bits per heavy atom. The predicted octanol–water partition coefficient (Wildman–Crippen LogP) is 2.51. The minimum Gasteiger partial charge on any atom is -0.505 e. The second kappa shape index (κ2) is 5.37. The van der Waals surface area contributed by atoms with E-state index in [0.29, 0.717) is 0 Å². The molecule has 0 radical (unpaired) electrons. The molecule has 0 unspecified atom stereocenters. The lowest BCUT2D eigenvalue weighted by Crippen LogP contribution is -2.09. The molecule has 1 heterocycles. The van der Waals surface area contributed by atoms with Crippen molar-refractivity contribution < 1.29 is 23.4 Å². The largest absolute Gasteiger partial charge is 0.505 e. The summed E-state index contributed by atoms with van der Waals surface area (Å²) in [6.45, 7) is 1.71. The Balaban J connectivity index is 3.15. The Morgan fingerprint density at radius 3 is 2.81 bits per heavy atom. The maximum absolute atomic E-state index is 12.4. The average Bonchev–Trinajstić information content (AvgIpc) is 2.20. The number of halogens is 3. The lowest BCUT2D eigenvalue weighted by Gasteiger charge is -2.07. The standard InChI is InChI=1S/C9H8F2INO3/c1-2-16-9(15)6-5(14)3-4(7(10)11)8(12)13-6/h3,7,14H,2H2,1H3. The molecule has 0 bridgehead atoms. The number of hydrogen-bond donors (Lipinski definition) is 1. The highest BCUT2D eigenvalue weighted by Gasteiger charge is 2.21. The highest BCUT2D eigenvalue weighted by molar-refractivity contribution is 14.1. The minimum atomic E-state index is -2.75. The Hall–Kier alpha value is -0.990. The van der Waals surface area contributed by atoms with Crippen molar-refractivity contribution in [1.29, 1.82) is 0 Å². The average molecular weight is 343 g/mol. The summed E-state index contributed by atoms with van der Waals surface area (Å²) < 4.78 is 29.4. The van der Waals surface area contributed by atoms with Crippen LogP contribution in [-0.4, -0.2) is 22.7 Å². The molecular formula is C9H8F2INO3. The summed E-state index contributed by atoms with van der Waals surface area (Å²) in [7, 11) is 0. The van der Waals surface area contributed by atoms with Crippen molar-refractivity contribution in [2.45, 2.75) is 13.3 Å². The van der Waals surface area contributed by atoms with Gasteiger partial charge in [-0.25, -0.2) is 18.6 Å². The van der Waals surface area contributed by atoms with E-state index in [9.17, 15) is 18.7 Å². The second-order valence-electron chi connectivity index (χ2n) is 2.76. The van der Waals surface area contributed by atoms with Crippen molar-refractivity contribution in [2.75, 3.05) is 6.61 Å². The number of hydrogen-bond acceptors (Lipinski definition) is 4. The van der Waals surface area contributed by atoms with Crippen molar-refractivity contribution >= 4 is 28.6 Å². The summed E-state index contributed by atoms with van der Waals surface area (Å²) in [5.74, 6) is -1.44. The molecule has 0 aromatic carbocycles. The first-order valence-corrected chi connectivity index (χ1v) is 5.40. The fourth-order valence-electron chi connectivity index (χ4n) is 0.998. The van der Waals surface area contributed by atoms with E-state index in [1.54, 1.807) is 29.5 Å². The van der Waals surface area contributed by atoms with E-state index in [1.807, 2.05) is 0 Å². The fraction of sp³-hybridized carbons (Fsp3) is 0.333. The molecule has 0 saturated carbocycles. The summed E-state index contributed by atoms with van der Waals surface area (Å²) >= 11 is 1.57. The van der Waals surface area contributed by atoms with Crippen LogP contribution in [0.25, 0.3) is 0 Å². The summed E-state index contributed by atoms with van der Waals surface area (Å²) in [5, 5.41) is 9.36. The number of alkyl halides is 2. The number of ether oxygens (including phenoxy) is 1. The molecule has 0 saturated heterocycles. The Morgan fingerprint density at radius 1 is 1.69 bits per heavy atom. The first-order valence-electron chi connectivity index (χ1n) is 4.32. The highest BCUT2D eigenvalue weighted by atomic mass is 127. The molecule has 0 fully saturated rings. The maximum atomic E-state index is 12.4. The number of pyridine rings is 1. The van der Waals surface area contributed by atoms with E-state index in [4.69, 9.17) is 0 Å². The molecule has 4 nitrogen and oxygen atoms in total. The first kappa shape index (κ1) is 13.1. The van der Waals surface area contributed by atoms with Crippen LogP contribution in [0.2, 0.25) is 0 Å².